The molecule has 0 saturated heterocycles. The van der Waals surface area contributed by atoms with Gasteiger partial charge in [-0.3, -0.25) is 4.72 Å². The van der Waals surface area contributed by atoms with Crippen molar-refractivity contribution in [3.05, 3.63) is 41.6 Å². The lowest BCUT2D eigenvalue weighted by Gasteiger charge is -2.08. The van der Waals surface area contributed by atoms with Crippen LogP contribution in [0.15, 0.2) is 34.0 Å². The first-order chi connectivity index (χ1) is 10.4. The molecule has 1 aromatic carbocycles. The van der Waals surface area contributed by atoms with Gasteiger partial charge < -0.3 is 9.40 Å². The first kappa shape index (κ1) is 14.2. The SMILES string of the molecule is Cc1nc(S(=O)(=O)Nc2ccc(C)c3c(C#N)c[nH]c23)co1. The van der Waals surface area contributed by atoms with E-state index < -0.39 is 10.0 Å². The zero-order chi connectivity index (χ0) is 15.9. The Morgan fingerprint density at radius 3 is 2.77 bits per heavy atom. The molecule has 2 aromatic heterocycles. The number of benzene rings is 1. The summed E-state index contributed by atoms with van der Waals surface area (Å²) in [4.78, 5) is 6.75. The lowest BCUT2D eigenvalue weighted by molar-refractivity contribution is 0.519. The molecule has 0 aliphatic heterocycles. The van der Waals surface area contributed by atoms with Gasteiger partial charge in [-0.05, 0) is 18.6 Å². The highest BCUT2D eigenvalue weighted by Crippen LogP contribution is 2.29. The molecule has 0 atom stereocenters. The van der Waals surface area contributed by atoms with Crippen molar-refractivity contribution in [3.63, 3.8) is 0 Å². The topological polar surface area (TPSA) is 112 Å². The standard InChI is InChI=1S/C14H12N4O3S/c1-8-3-4-11(14-13(8)10(5-15)6-16-14)18-22(19,20)12-7-21-9(2)17-12/h3-4,6-7,16,18H,1-2H3. The number of nitriles is 1. The summed E-state index contributed by atoms with van der Waals surface area (Å²) in [5.74, 6) is 0.265. The fourth-order valence-corrected chi connectivity index (χ4v) is 3.25. The molecule has 112 valence electrons. The van der Waals surface area contributed by atoms with E-state index in [2.05, 4.69) is 20.8 Å². The van der Waals surface area contributed by atoms with Gasteiger partial charge in [-0.1, -0.05) is 6.07 Å². The third-order valence-corrected chi connectivity index (χ3v) is 4.51. The largest absolute Gasteiger partial charge is 0.448 e. The molecule has 3 aromatic rings. The molecular weight excluding hydrogens is 304 g/mol. The van der Waals surface area contributed by atoms with Gasteiger partial charge in [0, 0.05) is 18.5 Å². The Bertz CT molecular complexity index is 1010. The van der Waals surface area contributed by atoms with Gasteiger partial charge in [-0.15, -0.1) is 0 Å². The molecule has 0 amide bonds. The third kappa shape index (κ3) is 2.21. The number of sulfonamides is 1. The molecule has 2 N–H and O–H groups in total. The number of nitrogens with one attached hydrogen (secondary N) is 2. The monoisotopic (exact) mass is 316 g/mol. The Balaban J connectivity index is 2.11. The Morgan fingerprint density at radius 1 is 1.36 bits per heavy atom. The second-order valence-corrected chi connectivity index (χ2v) is 6.43. The molecule has 0 bridgehead atoms. The highest BCUT2D eigenvalue weighted by atomic mass is 32.2. The number of hydrogen-bond acceptors (Lipinski definition) is 5. The predicted octanol–water partition coefficient (Wildman–Crippen LogP) is 2.45. The van der Waals surface area contributed by atoms with Crippen LogP contribution in [0.5, 0.6) is 0 Å². The Kier molecular flexibility index (Phi) is 3.15. The number of aromatic amines is 1. The van der Waals surface area contributed by atoms with Crippen LogP contribution < -0.4 is 4.72 Å². The molecule has 0 aliphatic carbocycles. The van der Waals surface area contributed by atoms with Crippen LogP contribution >= 0.6 is 0 Å². The second-order valence-electron chi connectivity index (χ2n) is 4.80. The van der Waals surface area contributed by atoms with Crippen LogP contribution in [-0.2, 0) is 10.0 Å². The molecule has 0 aliphatic rings. The number of hydrogen-bond donors (Lipinski definition) is 2. The van der Waals surface area contributed by atoms with Crippen molar-refractivity contribution >= 4 is 26.6 Å². The summed E-state index contributed by atoms with van der Waals surface area (Å²) in [5, 5.41) is 9.63. The average molecular weight is 316 g/mol. The molecule has 0 radical (unpaired) electrons. The number of oxazole rings is 1. The number of nitrogens with zero attached hydrogens (tertiary/aromatic N) is 2. The van der Waals surface area contributed by atoms with Crippen molar-refractivity contribution in [1.82, 2.24) is 9.97 Å². The summed E-state index contributed by atoms with van der Waals surface area (Å²) in [6.07, 6.45) is 2.63. The van der Waals surface area contributed by atoms with Crippen LogP contribution in [0.3, 0.4) is 0 Å². The van der Waals surface area contributed by atoms with Crippen molar-refractivity contribution in [3.8, 4) is 6.07 Å². The summed E-state index contributed by atoms with van der Waals surface area (Å²) in [6.45, 7) is 3.42. The molecule has 0 unspecified atom stereocenters. The van der Waals surface area contributed by atoms with Crippen molar-refractivity contribution < 1.29 is 12.8 Å². The highest BCUT2D eigenvalue weighted by molar-refractivity contribution is 7.92. The maximum Gasteiger partial charge on any atom is 0.282 e. The minimum atomic E-state index is -3.85. The third-order valence-electron chi connectivity index (χ3n) is 3.28. The lowest BCUT2D eigenvalue weighted by Crippen LogP contribution is -2.13. The number of rotatable bonds is 3. The summed E-state index contributed by atoms with van der Waals surface area (Å²) in [5.41, 5.74) is 2.25. The summed E-state index contributed by atoms with van der Waals surface area (Å²) < 4.78 is 32.0. The van der Waals surface area contributed by atoms with E-state index in [0.717, 1.165) is 11.8 Å². The second kappa shape index (κ2) is 4.89. The van der Waals surface area contributed by atoms with Gasteiger partial charge in [0.05, 0.1) is 16.8 Å². The van der Waals surface area contributed by atoms with E-state index in [9.17, 15) is 8.42 Å². The zero-order valence-electron chi connectivity index (χ0n) is 11.8. The first-order valence-electron chi connectivity index (χ1n) is 6.38. The van der Waals surface area contributed by atoms with Crippen LogP contribution in [0.1, 0.15) is 17.0 Å². The minimum Gasteiger partial charge on any atom is -0.448 e. The van der Waals surface area contributed by atoms with E-state index in [-0.39, 0.29) is 10.9 Å². The van der Waals surface area contributed by atoms with Gasteiger partial charge >= 0.3 is 0 Å². The Labute approximate surface area is 126 Å². The molecule has 8 heteroatoms. The molecule has 22 heavy (non-hydrogen) atoms. The van der Waals surface area contributed by atoms with Gasteiger partial charge in [0.2, 0.25) is 5.03 Å². The van der Waals surface area contributed by atoms with Crippen molar-refractivity contribution in [1.29, 1.82) is 5.26 Å². The van der Waals surface area contributed by atoms with Crippen molar-refractivity contribution in [2.75, 3.05) is 4.72 Å². The molecule has 0 fully saturated rings. The number of fused-ring (bicyclic) bond motifs is 1. The van der Waals surface area contributed by atoms with E-state index in [4.69, 9.17) is 9.68 Å². The van der Waals surface area contributed by atoms with E-state index in [1.807, 2.05) is 6.92 Å². The van der Waals surface area contributed by atoms with Crippen LogP contribution in [0, 0.1) is 25.2 Å². The highest BCUT2D eigenvalue weighted by Gasteiger charge is 2.21. The lowest BCUT2D eigenvalue weighted by atomic mass is 10.1. The number of anilines is 1. The smallest absolute Gasteiger partial charge is 0.282 e. The van der Waals surface area contributed by atoms with Gasteiger partial charge in [0.25, 0.3) is 10.0 Å². The Hall–Kier alpha value is -2.79. The maximum absolute atomic E-state index is 12.3. The number of H-pyrrole nitrogens is 1. The predicted molar refractivity (Wildman–Crippen MR) is 79.8 cm³/mol. The molecule has 2 heterocycles. The van der Waals surface area contributed by atoms with Gasteiger partial charge in [0.15, 0.2) is 5.89 Å². The summed E-state index contributed by atoms with van der Waals surface area (Å²) >= 11 is 0. The van der Waals surface area contributed by atoms with Gasteiger partial charge in [0.1, 0.15) is 12.3 Å². The summed E-state index contributed by atoms with van der Waals surface area (Å²) in [7, 11) is -3.85. The van der Waals surface area contributed by atoms with Crippen LogP contribution in [0.25, 0.3) is 10.9 Å². The van der Waals surface area contributed by atoms with Gasteiger partial charge in [-0.2, -0.15) is 13.7 Å². The zero-order valence-corrected chi connectivity index (χ0v) is 12.7. The Morgan fingerprint density at radius 2 is 2.14 bits per heavy atom. The van der Waals surface area contributed by atoms with E-state index in [1.165, 1.54) is 0 Å². The van der Waals surface area contributed by atoms with Crippen molar-refractivity contribution in [2.24, 2.45) is 0 Å². The quantitative estimate of drug-likeness (QED) is 0.770. The average Bonchev–Trinajstić information content (AvgIpc) is 3.08. The van der Waals surface area contributed by atoms with Crippen LogP contribution in [-0.4, -0.2) is 18.4 Å². The minimum absolute atomic E-state index is 0.189. The van der Waals surface area contributed by atoms with E-state index >= 15 is 0 Å². The molecule has 7 nitrogen and oxygen atoms in total. The van der Waals surface area contributed by atoms with Crippen molar-refractivity contribution in [2.45, 2.75) is 18.9 Å². The fourth-order valence-electron chi connectivity index (χ4n) is 2.26. The first-order valence-corrected chi connectivity index (χ1v) is 7.86. The van der Waals surface area contributed by atoms with Crippen LogP contribution in [0.4, 0.5) is 5.69 Å². The van der Waals surface area contributed by atoms with Gasteiger partial charge in [-0.25, -0.2) is 4.98 Å². The fraction of sp³-hybridized carbons (Fsp3) is 0.143. The molecular formula is C14H12N4O3S. The number of aromatic nitrogens is 2. The van der Waals surface area contributed by atoms with Crippen LogP contribution in [0.2, 0.25) is 0 Å². The maximum atomic E-state index is 12.3. The molecule has 0 saturated carbocycles. The summed E-state index contributed by atoms with van der Waals surface area (Å²) in [6, 6.07) is 5.47. The number of aryl methyl sites for hydroxylation is 2. The molecule has 3 rings (SSSR count). The van der Waals surface area contributed by atoms with E-state index in [1.54, 1.807) is 25.3 Å². The van der Waals surface area contributed by atoms with E-state index in [0.29, 0.717) is 22.2 Å². The normalized spacial score (nSPS) is 11.5. The molecule has 0 spiro atoms.